The number of hydrogen-bond donors (Lipinski definition) is 0. The predicted molar refractivity (Wildman–Crippen MR) is 114 cm³/mol. The maximum absolute atomic E-state index is 12.1. The summed E-state index contributed by atoms with van der Waals surface area (Å²) in [4.78, 5) is 23.9. The molecule has 0 amide bonds. The van der Waals surface area contributed by atoms with Gasteiger partial charge in [0.25, 0.3) is 0 Å². The summed E-state index contributed by atoms with van der Waals surface area (Å²) in [6, 6.07) is 15.7. The molecule has 30 heavy (non-hydrogen) atoms. The highest BCUT2D eigenvalue weighted by Crippen LogP contribution is 2.51. The third-order valence-electron chi connectivity index (χ3n) is 4.60. The van der Waals surface area contributed by atoms with E-state index in [1.807, 2.05) is 48.5 Å². The molecule has 3 aromatic rings. The summed E-state index contributed by atoms with van der Waals surface area (Å²) in [6.07, 6.45) is 0.888. The van der Waals surface area contributed by atoms with Crippen LogP contribution < -0.4 is 18.9 Å². The molecule has 6 nitrogen and oxygen atoms in total. The maximum atomic E-state index is 12.1. The van der Waals surface area contributed by atoms with Crippen molar-refractivity contribution in [3.8, 4) is 23.0 Å². The van der Waals surface area contributed by atoms with Gasteiger partial charge in [0, 0.05) is 24.1 Å². The molecule has 0 spiro atoms. The molecule has 0 atom stereocenters. The van der Waals surface area contributed by atoms with E-state index in [-0.39, 0.29) is 29.4 Å². The number of benzene rings is 3. The van der Waals surface area contributed by atoms with E-state index in [0.29, 0.717) is 17.2 Å². The fourth-order valence-electron chi connectivity index (χ4n) is 3.27. The van der Waals surface area contributed by atoms with Gasteiger partial charge in [-0.1, -0.05) is 49.4 Å². The molecule has 6 heteroatoms. The maximum Gasteiger partial charge on any atom is 0.311 e. The fourth-order valence-corrected chi connectivity index (χ4v) is 3.27. The van der Waals surface area contributed by atoms with E-state index in [1.165, 1.54) is 21.1 Å². The average Bonchev–Trinajstić information content (AvgIpc) is 2.75. The number of esters is 2. The van der Waals surface area contributed by atoms with Crippen LogP contribution in [0.3, 0.4) is 0 Å². The first-order chi connectivity index (χ1) is 14.5. The Morgan fingerprint density at radius 2 is 1.40 bits per heavy atom. The minimum Gasteiger partial charge on any atom is -0.490 e. The van der Waals surface area contributed by atoms with Crippen LogP contribution in [0.1, 0.15) is 31.4 Å². The lowest BCUT2D eigenvalue weighted by molar-refractivity contribution is -0.134. The largest absolute Gasteiger partial charge is 0.490 e. The Kier molecular flexibility index (Phi) is 6.57. The number of ether oxygens (including phenoxy) is 4. The summed E-state index contributed by atoms with van der Waals surface area (Å²) < 4.78 is 22.0. The van der Waals surface area contributed by atoms with E-state index in [0.717, 1.165) is 11.1 Å². The molecule has 0 fully saturated rings. The normalized spacial score (nSPS) is 10.5. The van der Waals surface area contributed by atoms with Gasteiger partial charge in [0.1, 0.15) is 0 Å². The number of carbonyl (C=O) groups excluding carboxylic acids is 2. The van der Waals surface area contributed by atoms with Crippen molar-refractivity contribution in [1.29, 1.82) is 0 Å². The zero-order valence-electron chi connectivity index (χ0n) is 17.5. The second-order valence-electron chi connectivity index (χ2n) is 6.69. The lowest BCUT2D eigenvalue weighted by Gasteiger charge is -2.19. The third kappa shape index (κ3) is 4.38. The summed E-state index contributed by atoms with van der Waals surface area (Å²) in [5.74, 6) is -0.0649. The lowest BCUT2D eigenvalue weighted by Crippen LogP contribution is -2.10. The highest BCUT2D eigenvalue weighted by atomic mass is 16.6. The second-order valence-corrected chi connectivity index (χ2v) is 6.69. The molecule has 0 saturated carbocycles. The fraction of sp³-hybridized carbons (Fsp3) is 0.250. The van der Waals surface area contributed by atoms with Gasteiger partial charge >= 0.3 is 11.9 Å². The Morgan fingerprint density at radius 3 is 1.97 bits per heavy atom. The van der Waals surface area contributed by atoms with E-state index in [1.54, 1.807) is 6.92 Å². The van der Waals surface area contributed by atoms with Crippen LogP contribution in [0.15, 0.2) is 48.5 Å². The van der Waals surface area contributed by atoms with Gasteiger partial charge in [-0.2, -0.15) is 0 Å². The second kappa shape index (κ2) is 9.31. The number of methoxy groups -OCH3 is 2. The zero-order chi connectivity index (χ0) is 21.7. The van der Waals surface area contributed by atoms with Crippen LogP contribution in [-0.2, 0) is 16.0 Å². The first-order valence-corrected chi connectivity index (χ1v) is 9.62. The van der Waals surface area contributed by atoms with Crippen molar-refractivity contribution in [3.05, 3.63) is 59.7 Å². The van der Waals surface area contributed by atoms with Gasteiger partial charge in [0.05, 0.1) is 14.2 Å². The molecule has 0 radical (unpaired) electrons. The van der Waals surface area contributed by atoms with Crippen molar-refractivity contribution in [1.82, 2.24) is 0 Å². The molecule has 0 saturated heterocycles. The molecule has 0 aromatic heterocycles. The minimum atomic E-state index is -0.497. The van der Waals surface area contributed by atoms with Gasteiger partial charge < -0.3 is 18.9 Å². The van der Waals surface area contributed by atoms with Crippen molar-refractivity contribution < 1.29 is 28.5 Å². The van der Waals surface area contributed by atoms with Crippen LogP contribution in [0.2, 0.25) is 0 Å². The van der Waals surface area contributed by atoms with E-state index >= 15 is 0 Å². The van der Waals surface area contributed by atoms with Crippen LogP contribution in [0.5, 0.6) is 23.0 Å². The van der Waals surface area contributed by atoms with Crippen molar-refractivity contribution in [2.45, 2.75) is 26.7 Å². The molecular weight excluding hydrogens is 384 g/mol. The Labute approximate surface area is 175 Å². The standard InChI is InChI=1S/C24H24O6/c1-5-20(26)30-21-18-12-11-17(13-16-9-7-6-8-10-16)14-19(18)22(29-15(2)25)24(28-4)23(21)27-3/h6-12,14H,5,13H2,1-4H3. The number of fused-ring (bicyclic) bond motifs is 1. The van der Waals surface area contributed by atoms with E-state index in [9.17, 15) is 9.59 Å². The summed E-state index contributed by atoms with van der Waals surface area (Å²) in [5, 5.41) is 1.18. The highest BCUT2D eigenvalue weighted by molar-refractivity contribution is 6.01. The van der Waals surface area contributed by atoms with Crippen LogP contribution in [-0.4, -0.2) is 26.2 Å². The molecule has 3 rings (SSSR count). The topological polar surface area (TPSA) is 71.1 Å². The molecule has 0 aliphatic rings. The van der Waals surface area contributed by atoms with Crippen LogP contribution in [0.4, 0.5) is 0 Å². The molecule has 0 aliphatic carbocycles. The smallest absolute Gasteiger partial charge is 0.311 e. The van der Waals surface area contributed by atoms with Crippen molar-refractivity contribution in [2.24, 2.45) is 0 Å². The minimum absolute atomic E-state index is 0.191. The van der Waals surface area contributed by atoms with Crippen LogP contribution >= 0.6 is 0 Å². The van der Waals surface area contributed by atoms with Gasteiger partial charge in [0.2, 0.25) is 11.5 Å². The summed E-state index contributed by atoms with van der Waals surface area (Å²) >= 11 is 0. The molecule has 0 bridgehead atoms. The zero-order valence-corrected chi connectivity index (χ0v) is 17.5. The van der Waals surface area contributed by atoms with Crippen LogP contribution in [0, 0.1) is 0 Å². The quantitative estimate of drug-likeness (QED) is 0.417. The molecule has 0 heterocycles. The summed E-state index contributed by atoms with van der Waals surface area (Å²) in [6.45, 7) is 3.02. The van der Waals surface area contributed by atoms with E-state index in [2.05, 4.69) is 0 Å². The number of hydrogen-bond acceptors (Lipinski definition) is 6. The first kappa shape index (κ1) is 21.2. The number of carbonyl (C=O) groups is 2. The third-order valence-corrected chi connectivity index (χ3v) is 4.60. The first-order valence-electron chi connectivity index (χ1n) is 9.62. The molecular formula is C24H24O6. The van der Waals surface area contributed by atoms with Gasteiger partial charge in [-0.05, 0) is 23.6 Å². The molecule has 156 valence electrons. The Bertz CT molecular complexity index is 1070. The van der Waals surface area contributed by atoms with Crippen molar-refractivity contribution in [3.63, 3.8) is 0 Å². The predicted octanol–water partition coefficient (Wildman–Crippen LogP) is 4.69. The Balaban J connectivity index is 2.26. The van der Waals surface area contributed by atoms with Gasteiger partial charge in [-0.15, -0.1) is 0 Å². The van der Waals surface area contributed by atoms with E-state index in [4.69, 9.17) is 18.9 Å². The Morgan fingerprint density at radius 1 is 0.767 bits per heavy atom. The average molecular weight is 408 g/mol. The molecule has 0 N–H and O–H groups in total. The van der Waals surface area contributed by atoms with Crippen molar-refractivity contribution >= 4 is 22.7 Å². The summed E-state index contributed by atoms with van der Waals surface area (Å²) in [7, 11) is 2.88. The van der Waals surface area contributed by atoms with E-state index < -0.39 is 11.9 Å². The molecule has 0 aliphatic heterocycles. The van der Waals surface area contributed by atoms with Crippen LogP contribution in [0.25, 0.3) is 10.8 Å². The SMILES string of the molecule is CCC(=O)Oc1c(OC)c(OC)c(OC(C)=O)c2cc(Cc3ccccc3)ccc12. The Hall–Kier alpha value is -3.54. The highest BCUT2D eigenvalue weighted by Gasteiger charge is 2.26. The molecule has 0 unspecified atom stereocenters. The van der Waals surface area contributed by atoms with Gasteiger partial charge in [0.15, 0.2) is 11.5 Å². The number of rotatable bonds is 7. The molecule has 3 aromatic carbocycles. The summed E-state index contributed by atoms with van der Waals surface area (Å²) in [5.41, 5.74) is 2.14. The monoisotopic (exact) mass is 408 g/mol. The van der Waals surface area contributed by atoms with Crippen molar-refractivity contribution in [2.75, 3.05) is 14.2 Å². The van der Waals surface area contributed by atoms with Gasteiger partial charge in [-0.25, -0.2) is 0 Å². The lowest BCUT2D eigenvalue weighted by atomic mass is 9.99. The van der Waals surface area contributed by atoms with Gasteiger partial charge in [-0.3, -0.25) is 9.59 Å².